The molecule has 2 unspecified atom stereocenters. The van der Waals surface area contributed by atoms with Gasteiger partial charge >= 0.3 is 0 Å². The molecule has 1 aliphatic rings. The number of nitrogens with zero attached hydrogens (tertiary/aromatic N) is 1. The average molecular weight is 242 g/mol. The largest absolute Gasteiger partial charge is 0.375 e. The summed E-state index contributed by atoms with van der Waals surface area (Å²) in [6.45, 7) is 12.7. The summed E-state index contributed by atoms with van der Waals surface area (Å²) in [5.41, 5.74) is 6.15. The molecule has 1 saturated heterocycles. The van der Waals surface area contributed by atoms with Gasteiger partial charge in [0.25, 0.3) is 0 Å². The Morgan fingerprint density at radius 1 is 1.29 bits per heavy atom. The Balaban J connectivity index is 2.87. The summed E-state index contributed by atoms with van der Waals surface area (Å²) >= 11 is 0. The van der Waals surface area contributed by atoms with E-state index in [1.165, 1.54) is 0 Å². The van der Waals surface area contributed by atoms with Crippen molar-refractivity contribution in [3.63, 3.8) is 0 Å². The highest BCUT2D eigenvalue weighted by molar-refractivity contribution is 5.00. The lowest BCUT2D eigenvalue weighted by Crippen LogP contribution is -2.62. The Morgan fingerprint density at radius 2 is 1.88 bits per heavy atom. The maximum absolute atomic E-state index is 6.10. The third kappa shape index (κ3) is 3.21. The zero-order valence-corrected chi connectivity index (χ0v) is 12.4. The highest BCUT2D eigenvalue weighted by Crippen LogP contribution is 2.36. The molecule has 0 radical (unpaired) electrons. The molecule has 0 aliphatic carbocycles. The molecule has 1 rings (SSSR count). The number of nitrogens with two attached hydrogens (primary N) is 1. The fourth-order valence-corrected chi connectivity index (χ4v) is 2.95. The van der Waals surface area contributed by atoms with E-state index in [-0.39, 0.29) is 11.1 Å². The Bertz CT molecular complexity index is 253. The molecule has 0 amide bonds. The molecule has 0 spiro atoms. The highest BCUT2D eigenvalue weighted by Gasteiger charge is 2.44. The second kappa shape index (κ2) is 5.25. The fourth-order valence-electron chi connectivity index (χ4n) is 2.95. The zero-order valence-electron chi connectivity index (χ0n) is 12.4. The van der Waals surface area contributed by atoms with Crippen LogP contribution in [0.1, 0.15) is 47.5 Å². The molecule has 3 nitrogen and oxygen atoms in total. The monoisotopic (exact) mass is 242 g/mol. The third-order valence-corrected chi connectivity index (χ3v) is 4.52. The summed E-state index contributed by atoms with van der Waals surface area (Å²) in [7, 11) is 2.22. The van der Waals surface area contributed by atoms with Crippen molar-refractivity contribution >= 4 is 0 Å². The minimum atomic E-state index is -0.0530. The molecule has 0 bridgehead atoms. The van der Waals surface area contributed by atoms with Crippen LogP contribution >= 0.6 is 0 Å². The quantitative estimate of drug-likeness (QED) is 0.822. The standard InChI is InChI=1S/C14H30N2O/c1-11(2)12(3)16(6)14(10-15)7-8-17-13(4,5)9-14/h11-12H,7-10,15H2,1-6H3. The smallest absolute Gasteiger partial charge is 0.0644 e. The minimum Gasteiger partial charge on any atom is -0.375 e. The first kappa shape index (κ1) is 14.9. The van der Waals surface area contributed by atoms with Crippen molar-refractivity contribution < 1.29 is 4.74 Å². The number of likely N-dealkylation sites (N-methyl/N-ethyl adjacent to an activating group) is 1. The predicted octanol–water partition coefficient (Wildman–Crippen LogP) is 2.25. The van der Waals surface area contributed by atoms with Gasteiger partial charge in [-0.05, 0) is 46.6 Å². The lowest BCUT2D eigenvalue weighted by atomic mass is 9.78. The van der Waals surface area contributed by atoms with Gasteiger partial charge in [0.15, 0.2) is 0 Å². The van der Waals surface area contributed by atoms with E-state index in [9.17, 15) is 0 Å². The summed E-state index contributed by atoms with van der Waals surface area (Å²) in [6.07, 6.45) is 2.06. The molecular formula is C14H30N2O. The molecule has 0 aromatic rings. The van der Waals surface area contributed by atoms with Crippen LogP contribution < -0.4 is 5.73 Å². The molecule has 0 saturated carbocycles. The average Bonchev–Trinajstić information content (AvgIpc) is 2.25. The van der Waals surface area contributed by atoms with Gasteiger partial charge in [0, 0.05) is 24.7 Å². The summed E-state index contributed by atoms with van der Waals surface area (Å²) < 4.78 is 5.83. The molecule has 3 heteroatoms. The van der Waals surface area contributed by atoms with Crippen LogP contribution in [0.5, 0.6) is 0 Å². The van der Waals surface area contributed by atoms with Gasteiger partial charge in [0.1, 0.15) is 0 Å². The molecule has 0 aromatic heterocycles. The van der Waals surface area contributed by atoms with Gasteiger partial charge in [0.05, 0.1) is 5.60 Å². The molecule has 2 N–H and O–H groups in total. The van der Waals surface area contributed by atoms with E-state index in [4.69, 9.17) is 10.5 Å². The van der Waals surface area contributed by atoms with Crippen molar-refractivity contribution in [2.24, 2.45) is 11.7 Å². The molecule has 0 aromatic carbocycles. The van der Waals surface area contributed by atoms with Gasteiger partial charge in [-0.3, -0.25) is 4.90 Å². The van der Waals surface area contributed by atoms with Gasteiger partial charge in [-0.25, -0.2) is 0 Å². The van der Waals surface area contributed by atoms with E-state index < -0.39 is 0 Å². The van der Waals surface area contributed by atoms with Gasteiger partial charge in [-0.1, -0.05) is 13.8 Å². The molecule has 17 heavy (non-hydrogen) atoms. The van der Waals surface area contributed by atoms with Crippen LogP contribution in [0.3, 0.4) is 0 Å². The van der Waals surface area contributed by atoms with Crippen LogP contribution in [-0.4, -0.2) is 42.3 Å². The summed E-state index contributed by atoms with van der Waals surface area (Å²) in [5, 5.41) is 0. The number of hydrogen-bond acceptors (Lipinski definition) is 3. The van der Waals surface area contributed by atoms with Gasteiger partial charge in [-0.2, -0.15) is 0 Å². The minimum absolute atomic E-state index is 0.0530. The third-order valence-electron chi connectivity index (χ3n) is 4.52. The van der Waals surface area contributed by atoms with Crippen LogP contribution in [0.4, 0.5) is 0 Å². The van der Waals surface area contributed by atoms with E-state index in [2.05, 4.69) is 46.6 Å². The van der Waals surface area contributed by atoms with Crippen LogP contribution in [0.15, 0.2) is 0 Å². The van der Waals surface area contributed by atoms with E-state index in [1.54, 1.807) is 0 Å². The first-order chi connectivity index (χ1) is 7.74. The summed E-state index contributed by atoms with van der Waals surface area (Å²) in [4.78, 5) is 2.49. The number of ether oxygens (including phenoxy) is 1. The van der Waals surface area contributed by atoms with Crippen LogP contribution in [0, 0.1) is 5.92 Å². The lowest BCUT2D eigenvalue weighted by molar-refractivity contribution is -0.122. The van der Waals surface area contributed by atoms with Crippen LogP contribution in [0.25, 0.3) is 0 Å². The second-order valence-corrected chi connectivity index (χ2v) is 6.56. The van der Waals surface area contributed by atoms with Crippen molar-refractivity contribution in [1.82, 2.24) is 4.90 Å². The predicted molar refractivity (Wildman–Crippen MR) is 73.1 cm³/mol. The Labute approximate surface area is 107 Å². The van der Waals surface area contributed by atoms with E-state index in [0.29, 0.717) is 18.5 Å². The van der Waals surface area contributed by atoms with Crippen molar-refractivity contribution in [2.75, 3.05) is 20.2 Å². The summed E-state index contributed by atoms with van der Waals surface area (Å²) in [5.74, 6) is 0.648. The molecule has 1 aliphatic heterocycles. The molecular weight excluding hydrogens is 212 g/mol. The molecule has 102 valence electrons. The fraction of sp³-hybridized carbons (Fsp3) is 1.00. The Kier molecular flexibility index (Phi) is 4.61. The molecule has 2 atom stereocenters. The lowest BCUT2D eigenvalue weighted by Gasteiger charge is -2.52. The molecule has 1 heterocycles. The van der Waals surface area contributed by atoms with Crippen molar-refractivity contribution in [3.8, 4) is 0 Å². The van der Waals surface area contributed by atoms with Crippen molar-refractivity contribution in [1.29, 1.82) is 0 Å². The zero-order chi connectivity index (χ0) is 13.3. The maximum atomic E-state index is 6.10. The summed E-state index contributed by atoms with van der Waals surface area (Å²) in [6, 6.07) is 0.549. The highest BCUT2D eigenvalue weighted by atomic mass is 16.5. The van der Waals surface area contributed by atoms with Crippen molar-refractivity contribution in [3.05, 3.63) is 0 Å². The Hall–Kier alpha value is -0.120. The van der Waals surface area contributed by atoms with Gasteiger partial charge in [0.2, 0.25) is 0 Å². The SMILES string of the molecule is CC(C)C(C)N(C)C1(CN)CCOC(C)(C)C1. The molecule has 1 fully saturated rings. The van der Waals surface area contributed by atoms with Crippen LogP contribution in [-0.2, 0) is 4.74 Å². The topological polar surface area (TPSA) is 38.5 Å². The Morgan fingerprint density at radius 3 is 2.29 bits per heavy atom. The van der Waals surface area contributed by atoms with Gasteiger partial charge < -0.3 is 10.5 Å². The van der Waals surface area contributed by atoms with E-state index in [0.717, 1.165) is 19.4 Å². The van der Waals surface area contributed by atoms with Gasteiger partial charge in [-0.15, -0.1) is 0 Å². The normalized spacial score (nSPS) is 30.9. The second-order valence-electron chi connectivity index (χ2n) is 6.56. The first-order valence-corrected chi connectivity index (χ1v) is 6.81. The van der Waals surface area contributed by atoms with E-state index in [1.807, 2.05) is 0 Å². The number of hydrogen-bond donors (Lipinski definition) is 1. The number of rotatable bonds is 4. The van der Waals surface area contributed by atoms with Crippen LogP contribution in [0.2, 0.25) is 0 Å². The van der Waals surface area contributed by atoms with Crippen molar-refractivity contribution in [2.45, 2.75) is 64.6 Å². The van der Waals surface area contributed by atoms with E-state index >= 15 is 0 Å². The first-order valence-electron chi connectivity index (χ1n) is 6.81. The maximum Gasteiger partial charge on any atom is 0.0644 e.